The Morgan fingerprint density at radius 3 is 2.60 bits per heavy atom. The Morgan fingerprint density at radius 1 is 1.40 bits per heavy atom. The maximum absolute atomic E-state index is 11.5. The van der Waals surface area contributed by atoms with E-state index in [0.29, 0.717) is 5.56 Å². The van der Waals surface area contributed by atoms with Crippen LogP contribution in [0.25, 0.3) is 0 Å². The number of carbonyl (C=O) groups is 1. The molecule has 1 unspecified atom stereocenters. The maximum Gasteiger partial charge on any atom is 0.251 e. The summed E-state index contributed by atoms with van der Waals surface area (Å²) in [6.45, 7) is 5.60. The molecule has 1 aliphatic heterocycles. The van der Waals surface area contributed by atoms with E-state index in [1.807, 2.05) is 38.1 Å². The average Bonchev–Trinajstić information content (AvgIpc) is 2.87. The molecule has 2 rings (SSSR count). The lowest BCUT2D eigenvalue weighted by atomic mass is 9.96. The highest BCUT2D eigenvalue weighted by Gasteiger charge is 2.35. The smallest absolute Gasteiger partial charge is 0.251 e. The van der Waals surface area contributed by atoms with Gasteiger partial charge in [-0.1, -0.05) is 12.1 Å². The van der Waals surface area contributed by atoms with Crippen molar-refractivity contribution in [3.8, 4) is 0 Å². The minimum absolute atomic E-state index is 0.0629. The van der Waals surface area contributed by atoms with Crippen LogP contribution in [0.3, 0.4) is 0 Å². The molecule has 1 amide bonds. The molecule has 2 N–H and O–H groups in total. The predicted molar refractivity (Wildman–Crippen MR) is 79.6 cm³/mol. The zero-order valence-corrected chi connectivity index (χ0v) is 12.5. The van der Waals surface area contributed by atoms with Crippen LogP contribution >= 0.6 is 0 Å². The first-order chi connectivity index (χ1) is 9.41. The van der Waals surface area contributed by atoms with Crippen molar-refractivity contribution in [3.63, 3.8) is 0 Å². The Balaban J connectivity index is 2.05. The van der Waals surface area contributed by atoms with Gasteiger partial charge >= 0.3 is 0 Å². The molecule has 20 heavy (non-hydrogen) atoms. The number of aliphatic hydroxyl groups is 1. The zero-order valence-electron chi connectivity index (χ0n) is 12.5. The monoisotopic (exact) mass is 276 g/mol. The number of benzene rings is 1. The van der Waals surface area contributed by atoms with Gasteiger partial charge in [0.25, 0.3) is 5.91 Å². The molecule has 1 atom stereocenters. The van der Waals surface area contributed by atoms with Gasteiger partial charge in [0.1, 0.15) is 0 Å². The standard InChI is InChI=1S/C16H24N2O2/c1-16(2,20)14-5-4-10-18(14)11-12-6-8-13(9-7-12)15(19)17-3/h6-9,14,20H,4-5,10-11H2,1-3H3,(H,17,19). The molecule has 4 heteroatoms. The second-order valence-electron chi connectivity index (χ2n) is 6.06. The number of nitrogens with zero attached hydrogens (tertiary/aromatic N) is 1. The lowest BCUT2D eigenvalue weighted by Gasteiger charge is -2.33. The summed E-state index contributed by atoms with van der Waals surface area (Å²) >= 11 is 0. The first kappa shape index (κ1) is 15.0. The minimum Gasteiger partial charge on any atom is -0.389 e. The van der Waals surface area contributed by atoms with E-state index in [-0.39, 0.29) is 11.9 Å². The van der Waals surface area contributed by atoms with Gasteiger partial charge in [0.15, 0.2) is 0 Å². The second kappa shape index (κ2) is 5.94. The lowest BCUT2D eigenvalue weighted by Crippen LogP contribution is -2.45. The number of likely N-dealkylation sites (tertiary alicyclic amines) is 1. The molecule has 1 aromatic rings. The molecule has 110 valence electrons. The summed E-state index contributed by atoms with van der Waals surface area (Å²) in [7, 11) is 1.63. The SMILES string of the molecule is CNC(=O)c1ccc(CN2CCCC2C(C)(C)O)cc1. The van der Waals surface area contributed by atoms with Gasteiger partial charge in [-0.25, -0.2) is 0 Å². The van der Waals surface area contributed by atoms with Crippen LogP contribution in [-0.2, 0) is 6.54 Å². The van der Waals surface area contributed by atoms with Crippen molar-refractivity contribution < 1.29 is 9.90 Å². The third kappa shape index (κ3) is 3.38. The molecule has 1 fully saturated rings. The van der Waals surface area contributed by atoms with Crippen molar-refractivity contribution >= 4 is 5.91 Å². The van der Waals surface area contributed by atoms with E-state index in [4.69, 9.17) is 0 Å². The molecule has 4 nitrogen and oxygen atoms in total. The summed E-state index contributed by atoms with van der Waals surface area (Å²) in [6, 6.07) is 7.89. The molecule has 1 heterocycles. The molecule has 0 radical (unpaired) electrons. The van der Waals surface area contributed by atoms with E-state index in [0.717, 1.165) is 25.9 Å². The number of hydrogen-bond donors (Lipinski definition) is 2. The van der Waals surface area contributed by atoms with Crippen molar-refractivity contribution in [2.75, 3.05) is 13.6 Å². The Labute approximate surface area is 120 Å². The Morgan fingerprint density at radius 2 is 2.05 bits per heavy atom. The van der Waals surface area contributed by atoms with E-state index < -0.39 is 5.60 Å². The highest BCUT2D eigenvalue weighted by Crippen LogP contribution is 2.28. The molecule has 0 aromatic heterocycles. The predicted octanol–water partition coefficient (Wildman–Crippen LogP) is 1.78. The zero-order chi connectivity index (χ0) is 14.8. The van der Waals surface area contributed by atoms with Crippen LogP contribution in [-0.4, -0.2) is 41.1 Å². The third-order valence-corrected chi connectivity index (χ3v) is 4.01. The van der Waals surface area contributed by atoms with Gasteiger partial charge in [0, 0.05) is 25.2 Å². The van der Waals surface area contributed by atoms with Crippen LogP contribution < -0.4 is 5.32 Å². The van der Waals surface area contributed by atoms with Crippen molar-refractivity contribution in [1.29, 1.82) is 0 Å². The van der Waals surface area contributed by atoms with Crippen LogP contribution in [0.4, 0.5) is 0 Å². The van der Waals surface area contributed by atoms with Gasteiger partial charge in [-0.3, -0.25) is 9.69 Å². The first-order valence-electron chi connectivity index (χ1n) is 7.19. The van der Waals surface area contributed by atoms with Crippen LogP contribution in [0.15, 0.2) is 24.3 Å². The second-order valence-corrected chi connectivity index (χ2v) is 6.06. The summed E-state index contributed by atoms with van der Waals surface area (Å²) in [5.74, 6) is -0.0629. The van der Waals surface area contributed by atoms with Crippen molar-refractivity contribution in [3.05, 3.63) is 35.4 Å². The van der Waals surface area contributed by atoms with Gasteiger partial charge in [0.05, 0.1) is 5.60 Å². The fourth-order valence-electron chi connectivity index (χ4n) is 2.96. The van der Waals surface area contributed by atoms with Gasteiger partial charge in [0.2, 0.25) is 0 Å². The number of amides is 1. The summed E-state index contributed by atoms with van der Waals surface area (Å²) in [5.41, 5.74) is 1.18. The van der Waals surface area contributed by atoms with Gasteiger partial charge < -0.3 is 10.4 Å². The minimum atomic E-state index is -0.668. The summed E-state index contributed by atoms with van der Waals surface area (Å²) in [4.78, 5) is 13.8. The number of rotatable bonds is 4. The highest BCUT2D eigenvalue weighted by molar-refractivity contribution is 5.93. The summed E-state index contributed by atoms with van der Waals surface area (Å²) < 4.78 is 0. The lowest BCUT2D eigenvalue weighted by molar-refractivity contribution is -0.00501. The van der Waals surface area contributed by atoms with E-state index in [1.54, 1.807) is 7.05 Å². The largest absolute Gasteiger partial charge is 0.389 e. The molecule has 0 aliphatic carbocycles. The van der Waals surface area contributed by atoms with E-state index in [9.17, 15) is 9.90 Å². The van der Waals surface area contributed by atoms with E-state index >= 15 is 0 Å². The van der Waals surface area contributed by atoms with Crippen LogP contribution in [0.5, 0.6) is 0 Å². The first-order valence-corrected chi connectivity index (χ1v) is 7.19. The van der Waals surface area contributed by atoms with Crippen molar-refractivity contribution in [2.45, 2.75) is 44.9 Å². The molecule has 1 aliphatic rings. The molecule has 1 aromatic carbocycles. The maximum atomic E-state index is 11.5. The normalized spacial score (nSPS) is 20.1. The summed E-state index contributed by atoms with van der Waals surface area (Å²) in [6.07, 6.45) is 2.17. The molecule has 0 spiro atoms. The Hall–Kier alpha value is -1.39. The number of hydrogen-bond acceptors (Lipinski definition) is 3. The van der Waals surface area contributed by atoms with Gasteiger partial charge in [-0.2, -0.15) is 0 Å². The van der Waals surface area contributed by atoms with Crippen molar-refractivity contribution in [1.82, 2.24) is 10.2 Å². The van der Waals surface area contributed by atoms with E-state index in [2.05, 4.69) is 10.2 Å². The fourth-order valence-corrected chi connectivity index (χ4v) is 2.96. The van der Waals surface area contributed by atoms with Crippen LogP contribution in [0.2, 0.25) is 0 Å². The average molecular weight is 276 g/mol. The van der Waals surface area contributed by atoms with Crippen LogP contribution in [0, 0.1) is 0 Å². The van der Waals surface area contributed by atoms with E-state index in [1.165, 1.54) is 5.56 Å². The van der Waals surface area contributed by atoms with Gasteiger partial charge in [-0.05, 0) is 50.9 Å². The third-order valence-electron chi connectivity index (χ3n) is 4.01. The molecule has 0 bridgehead atoms. The van der Waals surface area contributed by atoms with Crippen LogP contribution in [0.1, 0.15) is 42.6 Å². The molecule has 0 saturated carbocycles. The fraction of sp³-hybridized carbons (Fsp3) is 0.562. The topological polar surface area (TPSA) is 52.6 Å². The number of nitrogens with one attached hydrogen (secondary N) is 1. The van der Waals surface area contributed by atoms with Crippen molar-refractivity contribution in [2.24, 2.45) is 0 Å². The molecular weight excluding hydrogens is 252 g/mol. The highest BCUT2D eigenvalue weighted by atomic mass is 16.3. The molecule has 1 saturated heterocycles. The Kier molecular flexibility index (Phi) is 4.45. The molecular formula is C16H24N2O2. The quantitative estimate of drug-likeness (QED) is 0.881. The van der Waals surface area contributed by atoms with Gasteiger partial charge in [-0.15, -0.1) is 0 Å². The summed E-state index contributed by atoms with van der Waals surface area (Å²) in [5, 5.41) is 12.8. The number of carbonyl (C=O) groups excluding carboxylic acids is 1. The Bertz CT molecular complexity index is 462.